The van der Waals surface area contributed by atoms with Gasteiger partial charge < -0.3 is 4.98 Å². The van der Waals surface area contributed by atoms with Crippen molar-refractivity contribution in [2.24, 2.45) is 0 Å². The maximum absolute atomic E-state index is 3.91. The minimum atomic E-state index is 0. The van der Waals surface area contributed by atoms with Crippen molar-refractivity contribution in [1.82, 2.24) is 19.9 Å². The Morgan fingerprint density at radius 2 is 2.09 bits per heavy atom. The van der Waals surface area contributed by atoms with Gasteiger partial charge in [-0.15, -0.1) is 0 Å². The van der Waals surface area contributed by atoms with E-state index in [9.17, 15) is 0 Å². The smallest absolute Gasteiger partial charge is 0.180 e. The molecule has 0 bridgehead atoms. The standard InChI is InChI=1S/C5H4N4.AsH3.H2S/c1-4-5(8-2-6-1)9-3-7-4;;/h1-3H,(H,6,7,8,9);1H3;1H2. The fourth-order valence-electron chi connectivity index (χ4n) is 0.691. The van der Waals surface area contributed by atoms with Crippen molar-refractivity contribution < 1.29 is 0 Å². The Labute approximate surface area is 81.6 Å². The molecule has 2 rings (SSSR count). The first-order valence-corrected chi connectivity index (χ1v) is 2.56. The SMILES string of the molecule is S.[AsH3].c1ncc2[nH]cnc2n1. The van der Waals surface area contributed by atoms with Crippen molar-refractivity contribution >= 4 is 42.6 Å². The summed E-state index contributed by atoms with van der Waals surface area (Å²) in [6, 6.07) is 0. The largest absolute Gasteiger partial charge is 0.342 e. The van der Waals surface area contributed by atoms with Crippen LogP contribution in [0, 0.1) is 0 Å². The first kappa shape index (κ1) is 10.5. The van der Waals surface area contributed by atoms with Crippen LogP contribution >= 0.6 is 13.5 Å². The molecule has 2 aromatic rings. The maximum atomic E-state index is 3.91. The second-order valence-corrected chi connectivity index (χ2v) is 1.66. The number of aromatic nitrogens is 4. The van der Waals surface area contributed by atoms with Crippen molar-refractivity contribution in [3.8, 4) is 0 Å². The molecule has 0 aliphatic carbocycles. The molecule has 0 radical (unpaired) electrons. The van der Waals surface area contributed by atoms with Gasteiger partial charge >= 0.3 is 18.0 Å². The number of hydrogen-bond acceptors (Lipinski definition) is 3. The number of H-pyrrole nitrogens is 1. The van der Waals surface area contributed by atoms with E-state index in [0.717, 1.165) is 5.52 Å². The van der Waals surface area contributed by atoms with E-state index >= 15 is 0 Å². The molecule has 0 aliphatic rings. The van der Waals surface area contributed by atoms with Gasteiger partial charge in [-0.05, 0) is 0 Å². The Balaban J connectivity index is 0.000000500. The summed E-state index contributed by atoms with van der Waals surface area (Å²) in [7, 11) is 0. The van der Waals surface area contributed by atoms with Crippen LogP contribution in [0.1, 0.15) is 0 Å². The first-order valence-electron chi connectivity index (χ1n) is 2.56. The van der Waals surface area contributed by atoms with Crippen molar-refractivity contribution in [3.63, 3.8) is 0 Å². The molecule has 0 aliphatic heterocycles. The van der Waals surface area contributed by atoms with Crippen molar-refractivity contribution in [3.05, 3.63) is 18.9 Å². The van der Waals surface area contributed by atoms with Gasteiger partial charge in [0.15, 0.2) is 5.65 Å². The van der Waals surface area contributed by atoms with Gasteiger partial charge in [-0.1, -0.05) is 0 Å². The van der Waals surface area contributed by atoms with Crippen molar-refractivity contribution in [1.29, 1.82) is 0 Å². The minimum Gasteiger partial charge on any atom is -0.342 e. The van der Waals surface area contributed by atoms with Gasteiger partial charge in [0.05, 0.1) is 12.5 Å². The molecule has 4 nitrogen and oxygen atoms in total. The van der Waals surface area contributed by atoms with Gasteiger partial charge in [0.25, 0.3) is 0 Å². The van der Waals surface area contributed by atoms with E-state index < -0.39 is 0 Å². The van der Waals surface area contributed by atoms with E-state index in [4.69, 9.17) is 0 Å². The van der Waals surface area contributed by atoms with Crippen LogP contribution in [-0.2, 0) is 0 Å². The molecule has 1 atom stereocenters. The molecule has 1 unspecified atom stereocenters. The normalized spacial score (nSPS) is 8.36. The summed E-state index contributed by atoms with van der Waals surface area (Å²) in [5.41, 5.74) is 1.59. The second-order valence-electron chi connectivity index (χ2n) is 1.66. The zero-order valence-corrected chi connectivity index (χ0v) is 9.75. The molecule has 0 saturated heterocycles. The van der Waals surface area contributed by atoms with E-state index in [1.54, 1.807) is 12.5 Å². The fraction of sp³-hybridized carbons (Fsp3) is 0. The van der Waals surface area contributed by atoms with Gasteiger partial charge in [-0.25, -0.2) is 15.0 Å². The van der Waals surface area contributed by atoms with Crippen molar-refractivity contribution in [2.45, 2.75) is 0 Å². The predicted octanol–water partition coefficient (Wildman–Crippen LogP) is -0.718. The van der Waals surface area contributed by atoms with Gasteiger partial charge in [-0.3, -0.25) is 0 Å². The van der Waals surface area contributed by atoms with Gasteiger partial charge in [0.2, 0.25) is 0 Å². The number of aromatic amines is 1. The number of imidazole rings is 1. The van der Waals surface area contributed by atoms with Crippen LogP contribution in [0.4, 0.5) is 0 Å². The molecule has 0 saturated carbocycles. The number of nitrogens with one attached hydrogen (secondary N) is 1. The van der Waals surface area contributed by atoms with Crippen LogP contribution in [0.2, 0.25) is 0 Å². The summed E-state index contributed by atoms with van der Waals surface area (Å²) in [4.78, 5) is 14.5. The molecule has 0 amide bonds. The van der Waals surface area contributed by atoms with Crippen LogP contribution in [0.15, 0.2) is 18.9 Å². The number of nitrogens with zero attached hydrogens (tertiary/aromatic N) is 3. The Morgan fingerprint density at radius 3 is 2.82 bits per heavy atom. The third-order valence-corrected chi connectivity index (χ3v) is 1.10. The maximum Gasteiger partial charge on any atom is 0.180 e. The minimum absolute atomic E-state index is 0. The summed E-state index contributed by atoms with van der Waals surface area (Å²) in [6.07, 6.45) is 4.76. The molecule has 2 heterocycles. The second kappa shape index (κ2) is 4.36. The van der Waals surface area contributed by atoms with E-state index in [-0.39, 0.29) is 31.4 Å². The van der Waals surface area contributed by atoms with Gasteiger partial charge in [0.1, 0.15) is 11.8 Å². The quantitative estimate of drug-likeness (QED) is 0.610. The summed E-state index contributed by atoms with van der Waals surface area (Å²) in [5.74, 6) is 0. The predicted molar refractivity (Wildman–Crippen MR) is 52.0 cm³/mol. The van der Waals surface area contributed by atoms with Crippen LogP contribution in [-0.4, -0.2) is 37.9 Å². The van der Waals surface area contributed by atoms with Gasteiger partial charge in [-0.2, -0.15) is 13.5 Å². The van der Waals surface area contributed by atoms with E-state index in [2.05, 4.69) is 19.9 Å². The van der Waals surface area contributed by atoms with E-state index in [1.807, 2.05) is 0 Å². The van der Waals surface area contributed by atoms with Crippen LogP contribution in [0.25, 0.3) is 11.2 Å². The molecule has 2 aromatic heterocycles. The molecule has 11 heavy (non-hydrogen) atoms. The zero-order chi connectivity index (χ0) is 6.10. The third kappa shape index (κ3) is 1.94. The number of fused-ring (bicyclic) bond motifs is 1. The summed E-state index contributed by atoms with van der Waals surface area (Å²) >= 11 is 0. The van der Waals surface area contributed by atoms with E-state index in [0.29, 0.717) is 5.65 Å². The average molecular weight is 232 g/mol. The topological polar surface area (TPSA) is 54.5 Å². The molecule has 0 fully saturated rings. The third-order valence-electron chi connectivity index (χ3n) is 1.10. The monoisotopic (exact) mass is 232 g/mol. The molecule has 60 valence electrons. The average Bonchev–Trinajstić information content (AvgIpc) is 2.33. The molecule has 0 spiro atoms. The van der Waals surface area contributed by atoms with Crippen LogP contribution in [0.3, 0.4) is 0 Å². The van der Waals surface area contributed by atoms with E-state index in [1.165, 1.54) is 6.33 Å². The number of rotatable bonds is 0. The summed E-state index contributed by atoms with van der Waals surface area (Å²) < 4.78 is 0. The Hall–Kier alpha value is -0.542. The first-order chi connectivity index (χ1) is 4.47. The Morgan fingerprint density at radius 1 is 1.27 bits per heavy atom. The number of hydrogen-bond donors (Lipinski definition) is 1. The molecule has 1 N–H and O–H groups in total. The fourth-order valence-corrected chi connectivity index (χ4v) is 0.691. The molecular weight excluding hydrogens is 223 g/mol. The van der Waals surface area contributed by atoms with Crippen LogP contribution in [0.5, 0.6) is 0 Å². The zero-order valence-electron chi connectivity index (χ0n) is 5.78. The Kier molecular flexibility index (Phi) is 4.15. The summed E-state index contributed by atoms with van der Waals surface area (Å²) in [6.45, 7) is 0. The van der Waals surface area contributed by atoms with Crippen LogP contribution < -0.4 is 0 Å². The Bertz CT molecular complexity index is 292. The summed E-state index contributed by atoms with van der Waals surface area (Å²) in [5, 5.41) is 0. The van der Waals surface area contributed by atoms with Gasteiger partial charge in [0, 0.05) is 0 Å². The molecule has 0 aromatic carbocycles. The molecular formula is C5H9AsN4S. The molecule has 6 heteroatoms. The van der Waals surface area contributed by atoms with Crippen molar-refractivity contribution in [2.75, 3.05) is 0 Å².